The summed E-state index contributed by atoms with van der Waals surface area (Å²) in [5.74, 6) is -0.885. The second-order valence-electron chi connectivity index (χ2n) is 3.75. The molecule has 0 radical (unpaired) electrons. The molecule has 1 aromatic rings. The third kappa shape index (κ3) is 3.81. The maximum Gasteiger partial charge on any atom is 0.339 e. The van der Waals surface area contributed by atoms with Crippen LogP contribution in [0.5, 0.6) is 0 Å². The number of benzene rings is 1. The van der Waals surface area contributed by atoms with Gasteiger partial charge < -0.3 is 9.47 Å². The Labute approximate surface area is 111 Å². The minimum atomic E-state index is -0.561. The number of hydrogen-bond donors (Lipinski definition) is 0. The van der Waals surface area contributed by atoms with Gasteiger partial charge in [0.2, 0.25) is 0 Å². The van der Waals surface area contributed by atoms with Crippen molar-refractivity contribution in [2.45, 2.75) is 19.8 Å². The molecule has 0 atom stereocenters. The molecule has 0 aliphatic heterocycles. The zero-order chi connectivity index (χ0) is 14.3. The summed E-state index contributed by atoms with van der Waals surface area (Å²) >= 11 is 0. The Hall–Kier alpha value is -2.35. The van der Waals surface area contributed by atoms with E-state index in [0.29, 0.717) is 18.6 Å². The highest BCUT2D eigenvalue weighted by Gasteiger charge is 2.15. The fourth-order valence-corrected chi connectivity index (χ4v) is 1.69. The average Bonchev–Trinajstić information content (AvgIpc) is 2.44. The smallest absolute Gasteiger partial charge is 0.339 e. The molecule has 0 fully saturated rings. The van der Waals surface area contributed by atoms with Crippen molar-refractivity contribution in [1.29, 1.82) is 5.26 Å². The lowest BCUT2D eigenvalue weighted by Crippen LogP contribution is -2.09. The van der Waals surface area contributed by atoms with Crippen molar-refractivity contribution in [3.63, 3.8) is 0 Å². The molecule has 0 saturated heterocycles. The molecule has 1 rings (SSSR count). The van der Waals surface area contributed by atoms with Gasteiger partial charge in [0, 0.05) is 6.42 Å². The maximum atomic E-state index is 11.5. The van der Waals surface area contributed by atoms with Crippen LogP contribution in [0.2, 0.25) is 0 Å². The number of esters is 2. The van der Waals surface area contributed by atoms with E-state index in [2.05, 4.69) is 4.74 Å². The summed E-state index contributed by atoms with van der Waals surface area (Å²) in [5.41, 5.74) is 1.10. The lowest BCUT2D eigenvalue weighted by molar-refractivity contribution is -0.143. The number of nitriles is 1. The molecule has 0 heterocycles. The Morgan fingerprint density at radius 3 is 2.68 bits per heavy atom. The van der Waals surface area contributed by atoms with Crippen molar-refractivity contribution in [3.8, 4) is 6.07 Å². The van der Waals surface area contributed by atoms with E-state index >= 15 is 0 Å². The van der Waals surface area contributed by atoms with Crippen LogP contribution in [0.1, 0.15) is 34.8 Å². The molecule has 0 saturated carbocycles. The van der Waals surface area contributed by atoms with Gasteiger partial charge in [0.15, 0.2) is 0 Å². The van der Waals surface area contributed by atoms with E-state index in [-0.39, 0.29) is 23.5 Å². The van der Waals surface area contributed by atoms with Crippen molar-refractivity contribution in [2.24, 2.45) is 0 Å². The van der Waals surface area contributed by atoms with Crippen LogP contribution in [0.4, 0.5) is 0 Å². The van der Waals surface area contributed by atoms with Crippen LogP contribution in [0.15, 0.2) is 18.2 Å². The zero-order valence-electron chi connectivity index (χ0n) is 10.9. The molecule has 0 aromatic heterocycles. The SMILES string of the molecule is CCOC(=O)CCc1cccc(C(=O)OC)c1C#N. The van der Waals surface area contributed by atoms with Crippen LogP contribution in [-0.2, 0) is 20.7 Å². The van der Waals surface area contributed by atoms with E-state index in [1.165, 1.54) is 13.2 Å². The standard InChI is InChI=1S/C14H15NO4/c1-3-19-13(16)8-7-10-5-4-6-11(12(10)9-15)14(17)18-2/h4-6H,3,7-8H2,1-2H3. The minimum Gasteiger partial charge on any atom is -0.466 e. The molecule has 5 heteroatoms. The Balaban J connectivity index is 2.93. The number of ether oxygens (including phenoxy) is 2. The van der Waals surface area contributed by atoms with Crippen LogP contribution >= 0.6 is 0 Å². The van der Waals surface area contributed by atoms with E-state index in [4.69, 9.17) is 10.00 Å². The molecule has 100 valence electrons. The zero-order valence-corrected chi connectivity index (χ0v) is 10.9. The molecule has 0 aliphatic carbocycles. The summed E-state index contributed by atoms with van der Waals surface area (Å²) in [7, 11) is 1.26. The van der Waals surface area contributed by atoms with Gasteiger partial charge in [-0.1, -0.05) is 12.1 Å². The molecular weight excluding hydrogens is 246 g/mol. The predicted octanol–water partition coefficient (Wildman–Crippen LogP) is 1.84. The van der Waals surface area contributed by atoms with Gasteiger partial charge in [-0.05, 0) is 25.0 Å². The molecule has 5 nitrogen and oxygen atoms in total. The summed E-state index contributed by atoms with van der Waals surface area (Å²) < 4.78 is 9.44. The fourth-order valence-electron chi connectivity index (χ4n) is 1.69. The summed E-state index contributed by atoms with van der Waals surface area (Å²) in [6.07, 6.45) is 0.527. The van der Waals surface area contributed by atoms with Gasteiger partial charge in [-0.15, -0.1) is 0 Å². The Kier molecular flexibility index (Phi) is 5.55. The Morgan fingerprint density at radius 2 is 2.11 bits per heavy atom. The second kappa shape index (κ2) is 7.17. The highest BCUT2D eigenvalue weighted by atomic mass is 16.5. The van der Waals surface area contributed by atoms with Crippen LogP contribution in [0, 0.1) is 11.3 Å². The summed E-state index contributed by atoms with van der Waals surface area (Å²) in [6, 6.07) is 6.88. The molecule has 0 amide bonds. The monoisotopic (exact) mass is 261 g/mol. The van der Waals surface area contributed by atoms with Crippen LogP contribution < -0.4 is 0 Å². The van der Waals surface area contributed by atoms with E-state index in [1.54, 1.807) is 19.1 Å². The maximum absolute atomic E-state index is 11.5. The normalized spacial score (nSPS) is 9.53. The van der Waals surface area contributed by atoms with E-state index in [0.717, 1.165) is 0 Å². The molecule has 0 aliphatic rings. The Morgan fingerprint density at radius 1 is 1.37 bits per heavy atom. The van der Waals surface area contributed by atoms with Gasteiger partial charge in [-0.2, -0.15) is 5.26 Å². The molecular formula is C14H15NO4. The number of nitrogens with zero attached hydrogens (tertiary/aromatic N) is 1. The van der Waals surface area contributed by atoms with E-state index < -0.39 is 5.97 Å². The number of methoxy groups -OCH3 is 1. The summed E-state index contributed by atoms with van der Waals surface area (Å²) in [5, 5.41) is 9.14. The quantitative estimate of drug-likeness (QED) is 0.756. The van der Waals surface area contributed by atoms with Crippen molar-refractivity contribution in [1.82, 2.24) is 0 Å². The highest BCUT2D eigenvalue weighted by Crippen LogP contribution is 2.17. The predicted molar refractivity (Wildman–Crippen MR) is 67.5 cm³/mol. The van der Waals surface area contributed by atoms with E-state index in [1.807, 2.05) is 6.07 Å². The average molecular weight is 261 g/mol. The van der Waals surface area contributed by atoms with Crippen molar-refractivity contribution in [2.75, 3.05) is 13.7 Å². The lowest BCUT2D eigenvalue weighted by atomic mass is 9.98. The second-order valence-corrected chi connectivity index (χ2v) is 3.75. The number of carbonyl (C=O) groups is 2. The largest absolute Gasteiger partial charge is 0.466 e. The molecule has 0 N–H and O–H groups in total. The lowest BCUT2D eigenvalue weighted by Gasteiger charge is -2.07. The Bertz CT molecular complexity index is 517. The van der Waals surface area contributed by atoms with Crippen molar-refractivity contribution in [3.05, 3.63) is 34.9 Å². The van der Waals surface area contributed by atoms with Crippen molar-refractivity contribution < 1.29 is 19.1 Å². The number of rotatable bonds is 5. The summed E-state index contributed by atoms with van der Waals surface area (Å²) in [4.78, 5) is 22.8. The van der Waals surface area contributed by atoms with Crippen LogP contribution in [-0.4, -0.2) is 25.7 Å². The highest BCUT2D eigenvalue weighted by molar-refractivity contribution is 5.92. The van der Waals surface area contributed by atoms with E-state index in [9.17, 15) is 9.59 Å². The third-order valence-electron chi connectivity index (χ3n) is 2.57. The molecule has 19 heavy (non-hydrogen) atoms. The first-order valence-corrected chi connectivity index (χ1v) is 5.90. The van der Waals surface area contributed by atoms with Gasteiger partial charge in [0.05, 0.1) is 24.8 Å². The van der Waals surface area contributed by atoms with Crippen LogP contribution in [0.25, 0.3) is 0 Å². The van der Waals surface area contributed by atoms with Gasteiger partial charge >= 0.3 is 11.9 Å². The van der Waals surface area contributed by atoms with Gasteiger partial charge in [0.1, 0.15) is 6.07 Å². The molecule has 1 aromatic carbocycles. The topological polar surface area (TPSA) is 76.4 Å². The first-order valence-electron chi connectivity index (χ1n) is 5.90. The fraction of sp³-hybridized carbons (Fsp3) is 0.357. The minimum absolute atomic E-state index is 0.174. The van der Waals surface area contributed by atoms with Gasteiger partial charge in [-0.25, -0.2) is 4.79 Å². The van der Waals surface area contributed by atoms with Crippen LogP contribution in [0.3, 0.4) is 0 Å². The first-order chi connectivity index (χ1) is 9.13. The molecule has 0 spiro atoms. The number of carbonyl (C=O) groups excluding carboxylic acids is 2. The first kappa shape index (κ1) is 14.7. The summed E-state index contributed by atoms with van der Waals surface area (Å²) in [6.45, 7) is 2.06. The van der Waals surface area contributed by atoms with Gasteiger partial charge in [-0.3, -0.25) is 4.79 Å². The molecule has 0 unspecified atom stereocenters. The third-order valence-corrected chi connectivity index (χ3v) is 2.57. The number of aryl methyl sites for hydroxylation is 1. The van der Waals surface area contributed by atoms with Gasteiger partial charge in [0.25, 0.3) is 0 Å². The number of hydrogen-bond acceptors (Lipinski definition) is 5. The van der Waals surface area contributed by atoms with Crippen molar-refractivity contribution >= 4 is 11.9 Å². The molecule has 0 bridgehead atoms.